The molecule has 1 aromatic carbocycles. The Balaban J connectivity index is 1.20. The van der Waals surface area contributed by atoms with E-state index >= 15 is 0 Å². The first-order valence-corrected chi connectivity index (χ1v) is 17.4. The summed E-state index contributed by atoms with van der Waals surface area (Å²) in [6.07, 6.45) is 3.87. The van der Waals surface area contributed by atoms with Gasteiger partial charge < -0.3 is 35.4 Å². The first-order valence-electron chi connectivity index (χ1n) is 16.4. The van der Waals surface area contributed by atoms with Crippen LogP contribution in [0.25, 0.3) is 5.69 Å². The van der Waals surface area contributed by atoms with Crippen molar-refractivity contribution in [3.63, 3.8) is 0 Å². The Morgan fingerprint density at radius 1 is 1.17 bits per heavy atom. The van der Waals surface area contributed by atoms with Crippen molar-refractivity contribution in [2.45, 2.75) is 99.7 Å². The van der Waals surface area contributed by atoms with Gasteiger partial charge in [0.25, 0.3) is 0 Å². The number of hydrogen-bond donors (Lipinski definition) is 5. The molecule has 5 N–H and O–H groups in total. The summed E-state index contributed by atoms with van der Waals surface area (Å²) in [5.41, 5.74) is 0.346. The van der Waals surface area contributed by atoms with Gasteiger partial charge in [-0.1, -0.05) is 38.1 Å². The van der Waals surface area contributed by atoms with E-state index in [1.165, 1.54) is 23.9 Å². The number of nitrogens with zero attached hydrogens (tertiary/aromatic N) is 3. The first kappa shape index (κ1) is 33.5. The molecule has 0 saturated carbocycles. The van der Waals surface area contributed by atoms with Crippen LogP contribution in [-0.4, -0.2) is 97.4 Å². The van der Waals surface area contributed by atoms with Gasteiger partial charge in [0.2, 0.25) is 5.91 Å². The number of rotatable bonds is 6. The summed E-state index contributed by atoms with van der Waals surface area (Å²) in [6.45, 7) is 7.74. The lowest BCUT2D eigenvalue weighted by Gasteiger charge is -2.45. The van der Waals surface area contributed by atoms with Gasteiger partial charge in [-0.25, -0.2) is 9.07 Å². The largest absolute Gasteiger partial charge is 0.388 e. The topological polar surface area (TPSA) is 151 Å². The number of nitrogens with one attached hydrogen (secondary N) is 2. The smallest absolute Gasteiger partial charge is 0.240 e. The van der Waals surface area contributed by atoms with E-state index in [4.69, 9.17) is 9.47 Å². The molecule has 252 valence electrons. The second-order valence-electron chi connectivity index (χ2n) is 13.7. The van der Waals surface area contributed by atoms with Crippen molar-refractivity contribution in [3.8, 4) is 5.69 Å². The SMILES string of the molecule is CC(C)CC1CCOC2C(CNC2C(=O)N[C@H]2[C@H]3O[C@H](S[C@H](c4cn(-c5ccc(F)cc5)nn4)C/C=C\[C@H]2C)[C@H](O)[C@@H](O)[C@H]3O)C1. The van der Waals surface area contributed by atoms with Crippen LogP contribution in [-0.2, 0) is 14.3 Å². The summed E-state index contributed by atoms with van der Waals surface area (Å²) in [7, 11) is 0. The van der Waals surface area contributed by atoms with Crippen molar-refractivity contribution in [2.24, 2.45) is 23.7 Å². The molecule has 0 radical (unpaired) electrons. The summed E-state index contributed by atoms with van der Waals surface area (Å²) < 4.78 is 27.6. The van der Waals surface area contributed by atoms with Crippen molar-refractivity contribution < 1.29 is 34.0 Å². The second-order valence-corrected chi connectivity index (χ2v) is 15.0. The summed E-state index contributed by atoms with van der Waals surface area (Å²) >= 11 is 1.27. The van der Waals surface area contributed by atoms with Gasteiger partial charge in [0, 0.05) is 13.2 Å². The zero-order valence-corrected chi connectivity index (χ0v) is 27.3. The number of thioether (sulfide) groups is 1. The van der Waals surface area contributed by atoms with Crippen LogP contribution in [0.15, 0.2) is 42.6 Å². The average Bonchev–Trinajstić information content (AvgIpc) is 3.62. The van der Waals surface area contributed by atoms with Crippen molar-refractivity contribution in [1.82, 2.24) is 25.6 Å². The van der Waals surface area contributed by atoms with Gasteiger partial charge in [0.05, 0.1) is 35.0 Å². The lowest BCUT2D eigenvalue weighted by atomic mass is 9.85. The van der Waals surface area contributed by atoms with Crippen LogP contribution < -0.4 is 10.6 Å². The molecule has 46 heavy (non-hydrogen) atoms. The molecule has 1 amide bonds. The van der Waals surface area contributed by atoms with E-state index < -0.39 is 41.9 Å². The number of hydrogen-bond acceptors (Lipinski definition) is 10. The Morgan fingerprint density at radius 2 is 1.96 bits per heavy atom. The minimum Gasteiger partial charge on any atom is -0.388 e. The van der Waals surface area contributed by atoms with Gasteiger partial charge in [-0.3, -0.25) is 4.79 Å². The number of aliphatic hydroxyl groups excluding tert-OH is 3. The molecule has 0 spiro atoms. The summed E-state index contributed by atoms with van der Waals surface area (Å²) in [5.74, 6) is 0.569. The maximum absolute atomic E-state index is 13.9. The van der Waals surface area contributed by atoms with Crippen molar-refractivity contribution in [2.75, 3.05) is 13.2 Å². The van der Waals surface area contributed by atoms with Crippen LogP contribution >= 0.6 is 11.8 Å². The Kier molecular flexibility index (Phi) is 10.5. The van der Waals surface area contributed by atoms with Gasteiger partial charge in [0.15, 0.2) is 0 Å². The van der Waals surface area contributed by atoms with E-state index in [9.17, 15) is 24.5 Å². The van der Waals surface area contributed by atoms with Gasteiger partial charge in [-0.15, -0.1) is 16.9 Å². The minimum absolute atomic E-state index is 0.229. The van der Waals surface area contributed by atoms with Crippen molar-refractivity contribution in [3.05, 3.63) is 54.1 Å². The van der Waals surface area contributed by atoms with E-state index in [0.717, 1.165) is 19.3 Å². The molecule has 3 fully saturated rings. The number of halogens is 1. The number of aliphatic hydroxyl groups is 3. The highest BCUT2D eigenvalue weighted by Gasteiger charge is 2.50. The lowest BCUT2D eigenvalue weighted by Crippen LogP contribution is -2.65. The molecule has 2 aromatic rings. The lowest BCUT2D eigenvalue weighted by molar-refractivity contribution is -0.207. The molecule has 4 aliphatic heterocycles. The quantitative estimate of drug-likeness (QED) is 0.293. The monoisotopic (exact) mass is 659 g/mol. The van der Waals surface area contributed by atoms with Crippen LogP contribution in [0, 0.1) is 29.5 Å². The van der Waals surface area contributed by atoms with Crippen LogP contribution in [0.5, 0.6) is 0 Å². The maximum Gasteiger partial charge on any atom is 0.240 e. The molecule has 11 nitrogen and oxygen atoms in total. The van der Waals surface area contributed by atoms with Crippen molar-refractivity contribution >= 4 is 17.7 Å². The number of aromatic nitrogens is 3. The summed E-state index contributed by atoms with van der Waals surface area (Å²) in [5, 5.41) is 47.9. The number of fused-ring (bicyclic) bond motifs is 3. The van der Waals surface area contributed by atoms with Crippen LogP contribution in [0.1, 0.15) is 57.4 Å². The molecule has 4 unspecified atom stereocenters. The zero-order chi connectivity index (χ0) is 32.5. The number of ether oxygens (including phenoxy) is 2. The van der Waals surface area contributed by atoms with Crippen molar-refractivity contribution in [1.29, 1.82) is 0 Å². The second kappa shape index (κ2) is 14.4. The molecular weight excluding hydrogens is 613 g/mol. The normalized spacial score (nSPS) is 39.0. The summed E-state index contributed by atoms with van der Waals surface area (Å²) in [4.78, 5) is 13.9. The fourth-order valence-corrected chi connectivity index (χ4v) is 8.72. The molecular formula is C33H46FN5O6S. The Bertz CT molecular complexity index is 1360. The van der Waals surface area contributed by atoms with E-state index in [-0.39, 0.29) is 34.9 Å². The third-order valence-electron chi connectivity index (χ3n) is 9.81. The number of allylic oxidation sites excluding steroid dienone is 1. The van der Waals surface area contributed by atoms with Crippen LogP contribution in [0.4, 0.5) is 4.39 Å². The molecule has 2 bridgehead atoms. The van der Waals surface area contributed by atoms with Gasteiger partial charge in [-0.05, 0) is 73.6 Å². The molecule has 12 atom stereocenters. The van der Waals surface area contributed by atoms with E-state index in [1.807, 2.05) is 19.1 Å². The maximum atomic E-state index is 13.9. The predicted molar refractivity (Wildman–Crippen MR) is 170 cm³/mol. The number of amides is 1. The number of carbonyl (C=O) groups is 1. The molecule has 0 aliphatic carbocycles. The number of benzene rings is 1. The molecule has 1 aromatic heterocycles. The van der Waals surface area contributed by atoms with E-state index in [2.05, 4.69) is 34.8 Å². The predicted octanol–water partition coefficient (Wildman–Crippen LogP) is 2.50. The standard InChI is InChI=1S/C33H46FN5O6S/c1-17(2)13-19-11-12-44-30-20(14-19)15-35-26(30)32(43)36-25-18(3)5-4-6-24(46-33-29(42)27(40)28(41)31(25)45-33)23-16-39(38-37-23)22-9-7-21(34)8-10-22/h4-5,7-10,16-20,24-31,33,35,40-42H,6,11-15H2,1-3H3,(H,36,43)/b5-4-/t18-,19?,20?,24+,25-,26?,27+,28-,29-,30?,31-,33-/m1/s1. The Hall–Kier alpha value is -2.39. The highest BCUT2D eigenvalue weighted by molar-refractivity contribution is 8.00. The fraction of sp³-hybridized carbons (Fsp3) is 0.667. The summed E-state index contributed by atoms with van der Waals surface area (Å²) in [6, 6.07) is 4.69. The van der Waals surface area contributed by atoms with Gasteiger partial charge >= 0.3 is 0 Å². The fourth-order valence-electron chi connectivity index (χ4n) is 7.41. The van der Waals surface area contributed by atoms with Crippen LogP contribution in [0.2, 0.25) is 0 Å². The molecule has 13 heteroatoms. The third-order valence-corrected chi connectivity index (χ3v) is 11.2. The molecule has 3 saturated heterocycles. The third kappa shape index (κ3) is 7.20. The Morgan fingerprint density at radius 3 is 2.72 bits per heavy atom. The average molecular weight is 660 g/mol. The van der Waals surface area contributed by atoms with E-state index in [0.29, 0.717) is 42.8 Å². The highest BCUT2D eigenvalue weighted by atomic mass is 32.2. The molecule has 4 aliphatic rings. The number of carbonyl (C=O) groups excluding carboxylic acids is 1. The molecule has 6 rings (SSSR count). The highest BCUT2D eigenvalue weighted by Crippen LogP contribution is 2.42. The molecule has 5 heterocycles. The van der Waals surface area contributed by atoms with Gasteiger partial charge in [0.1, 0.15) is 41.7 Å². The zero-order valence-electron chi connectivity index (χ0n) is 26.5. The Labute approximate surface area is 273 Å². The van der Waals surface area contributed by atoms with E-state index in [1.54, 1.807) is 23.0 Å². The first-order chi connectivity index (χ1) is 22.1. The van der Waals surface area contributed by atoms with Gasteiger partial charge in [-0.2, -0.15) is 0 Å². The van der Waals surface area contributed by atoms with Crippen LogP contribution in [0.3, 0.4) is 0 Å². The minimum atomic E-state index is -1.49.